The standard InChI is InChI=1S/C30H25NO6S/c1-35-24-14-13-20(17-25(24)36-2)28(32)26-27(31(30(34)29(26)33)18-23-12-7-15-38-23)19-8-6-11-22(16-19)37-21-9-4-3-5-10-21/h3-17,27,32H,18H2,1-2H3/b28-26+. The second-order valence-corrected chi connectivity index (χ2v) is 9.60. The highest BCUT2D eigenvalue weighted by atomic mass is 32.1. The molecule has 0 aliphatic carbocycles. The van der Waals surface area contributed by atoms with Gasteiger partial charge < -0.3 is 24.2 Å². The lowest BCUT2D eigenvalue weighted by atomic mass is 9.95. The highest BCUT2D eigenvalue weighted by molar-refractivity contribution is 7.09. The second kappa shape index (κ2) is 10.8. The summed E-state index contributed by atoms with van der Waals surface area (Å²) in [6.07, 6.45) is 0. The molecule has 0 radical (unpaired) electrons. The Labute approximate surface area is 224 Å². The lowest BCUT2D eigenvalue weighted by molar-refractivity contribution is -0.140. The topological polar surface area (TPSA) is 85.3 Å². The average Bonchev–Trinajstić information content (AvgIpc) is 3.55. The van der Waals surface area contributed by atoms with Gasteiger partial charge in [0.25, 0.3) is 11.7 Å². The van der Waals surface area contributed by atoms with Gasteiger partial charge in [0.15, 0.2) is 11.5 Å². The van der Waals surface area contributed by atoms with Gasteiger partial charge in [-0.3, -0.25) is 9.59 Å². The third kappa shape index (κ3) is 4.86. The number of rotatable bonds is 8. The van der Waals surface area contributed by atoms with Crippen LogP contribution >= 0.6 is 11.3 Å². The maximum atomic E-state index is 13.4. The fourth-order valence-electron chi connectivity index (χ4n) is 4.47. The van der Waals surface area contributed by atoms with Gasteiger partial charge in [-0.1, -0.05) is 36.4 Å². The van der Waals surface area contributed by atoms with E-state index < -0.39 is 17.7 Å². The van der Waals surface area contributed by atoms with Crippen LogP contribution < -0.4 is 14.2 Å². The number of carbonyl (C=O) groups excluding carboxylic acids is 2. The molecule has 1 saturated heterocycles. The minimum atomic E-state index is -0.829. The van der Waals surface area contributed by atoms with Gasteiger partial charge >= 0.3 is 0 Å². The largest absolute Gasteiger partial charge is 0.507 e. The Kier molecular flexibility index (Phi) is 7.15. The van der Waals surface area contributed by atoms with E-state index in [1.54, 1.807) is 36.4 Å². The Morgan fingerprint density at radius 1 is 0.868 bits per heavy atom. The van der Waals surface area contributed by atoms with Crippen LogP contribution in [0.1, 0.15) is 22.0 Å². The molecule has 1 aliphatic heterocycles. The van der Waals surface area contributed by atoms with Crippen molar-refractivity contribution in [3.63, 3.8) is 0 Å². The monoisotopic (exact) mass is 527 g/mol. The third-order valence-corrected chi connectivity index (χ3v) is 7.12. The molecule has 3 aromatic carbocycles. The van der Waals surface area contributed by atoms with Crippen LogP contribution in [-0.2, 0) is 16.1 Å². The first kappa shape index (κ1) is 25.1. The number of aliphatic hydroxyl groups is 1. The summed E-state index contributed by atoms with van der Waals surface area (Å²) in [5, 5.41) is 13.3. The molecule has 0 bridgehead atoms. The van der Waals surface area contributed by atoms with Crippen molar-refractivity contribution in [2.45, 2.75) is 12.6 Å². The minimum Gasteiger partial charge on any atom is -0.507 e. The summed E-state index contributed by atoms with van der Waals surface area (Å²) in [6.45, 7) is 0.222. The Hall–Kier alpha value is -4.56. The minimum absolute atomic E-state index is 0.00404. The van der Waals surface area contributed by atoms with Crippen LogP contribution in [0, 0.1) is 0 Å². The third-order valence-electron chi connectivity index (χ3n) is 6.26. The molecular formula is C30H25NO6S. The summed E-state index contributed by atoms with van der Waals surface area (Å²) < 4.78 is 16.7. The second-order valence-electron chi connectivity index (χ2n) is 8.56. The highest BCUT2D eigenvalue weighted by Crippen LogP contribution is 2.42. The summed E-state index contributed by atoms with van der Waals surface area (Å²) in [4.78, 5) is 29.1. The molecule has 1 atom stereocenters. The number of thiophene rings is 1. The summed E-state index contributed by atoms with van der Waals surface area (Å²) in [5.74, 6) is 0.332. The zero-order chi connectivity index (χ0) is 26.6. The van der Waals surface area contributed by atoms with Crippen LogP contribution in [0.5, 0.6) is 23.0 Å². The first-order valence-electron chi connectivity index (χ1n) is 11.9. The summed E-state index contributed by atoms with van der Waals surface area (Å²) in [6, 6.07) is 24.3. The Bertz CT molecular complexity index is 1500. The number of para-hydroxylation sites is 1. The van der Waals surface area contributed by atoms with Gasteiger partial charge in [0.1, 0.15) is 17.3 Å². The number of ketones is 1. The van der Waals surface area contributed by atoms with Gasteiger partial charge in [0, 0.05) is 10.4 Å². The van der Waals surface area contributed by atoms with Crippen LogP contribution in [0.4, 0.5) is 0 Å². The van der Waals surface area contributed by atoms with E-state index in [0.29, 0.717) is 34.1 Å². The molecule has 0 saturated carbocycles. The van der Waals surface area contributed by atoms with E-state index in [-0.39, 0.29) is 17.9 Å². The number of nitrogens with zero attached hydrogens (tertiary/aromatic N) is 1. The SMILES string of the molecule is COc1ccc(/C(O)=C2\C(=O)C(=O)N(Cc3cccs3)C2c2cccc(Oc3ccccc3)c2)cc1OC. The zero-order valence-corrected chi connectivity index (χ0v) is 21.6. The Morgan fingerprint density at radius 2 is 1.63 bits per heavy atom. The van der Waals surface area contributed by atoms with Crippen molar-refractivity contribution < 1.29 is 28.9 Å². The van der Waals surface area contributed by atoms with E-state index in [0.717, 1.165) is 4.88 Å². The summed E-state index contributed by atoms with van der Waals surface area (Å²) >= 11 is 1.49. The van der Waals surface area contributed by atoms with Crippen molar-refractivity contribution in [3.05, 3.63) is 112 Å². The van der Waals surface area contributed by atoms with Crippen molar-refractivity contribution >= 4 is 28.8 Å². The lowest BCUT2D eigenvalue weighted by Gasteiger charge is -2.25. The van der Waals surface area contributed by atoms with Gasteiger partial charge in [-0.25, -0.2) is 0 Å². The number of ether oxygens (including phenoxy) is 3. The van der Waals surface area contributed by atoms with Gasteiger partial charge in [-0.2, -0.15) is 0 Å². The van der Waals surface area contributed by atoms with Gasteiger partial charge in [0.05, 0.1) is 32.4 Å². The molecule has 2 heterocycles. The maximum absolute atomic E-state index is 13.4. The summed E-state index contributed by atoms with van der Waals surface area (Å²) in [7, 11) is 3.00. The normalized spacial score (nSPS) is 16.5. The number of likely N-dealkylation sites (tertiary alicyclic amines) is 1. The highest BCUT2D eigenvalue weighted by Gasteiger charge is 2.46. The number of hydrogen-bond acceptors (Lipinski definition) is 7. The molecule has 1 aliphatic rings. The molecule has 1 amide bonds. The molecule has 192 valence electrons. The Morgan fingerprint density at radius 3 is 2.34 bits per heavy atom. The molecule has 1 N–H and O–H groups in total. The number of Topliss-reactive ketones (excluding diaryl/α,β-unsaturated/α-hetero) is 1. The van der Waals surface area contributed by atoms with Crippen molar-refractivity contribution in [1.82, 2.24) is 4.90 Å². The molecule has 1 unspecified atom stereocenters. The number of hydrogen-bond donors (Lipinski definition) is 1. The fraction of sp³-hybridized carbons (Fsp3) is 0.133. The first-order chi connectivity index (χ1) is 18.5. The van der Waals surface area contributed by atoms with Crippen LogP contribution in [0.25, 0.3) is 5.76 Å². The maximum Gasteiger partial charge on any atom is 0.295 e. The van der Waals surface area contributed by atoms with E-state index in [1.165, 1.54) is 30.5 Å². The number of aliphatic hydroxyl groups excluding tert-OH is 1. The first-order valence-corrected chi connectivity index (χ1v) is 12.7. The van der Waals surface area contributed by atoms with Gasteiger partial charge in [-0.05, 0) is 59.5 Å². The van der Waals surface area contributed by atoms with E-state index in [2.05, 4.69) is 0 Å². The number of benzene rings is 3. The molecule has 5 rings (SSSR count). The van der Waals surface area contributed by atoms with Gasteiger partial charge in [-0.15, -0.1) is 11.3 Å². The smallest absolute Gasteiger partial charge is 0.295 e. The predicted molar refractivity (Wildman–Crippen MR) is 145 cm³/mol. The molecule has 4 aromatic rings. The van der Waals surface area contributed by atoms with Crippen molar-refractivity contribution in [2.24, 2.45) is 0 Å². The number of amides is 1. The quantitative estimate of drug-likeness (QED) is 0.167. The zero-order valence-electron chi connectivity index (χ0n) is 20.8. The lowest BCUT2D eigenvalue weighted by Crippen LogP contribution is -2.28. The van der Waals surface area contributed by atoms with Crippen LogP contribution in [0.15, 0.2) is 95.9 Å². The molecule has 1 aromatic heterocycles. The molecule has 8 heteroatoms. The van der Waals surface area contributed by atoms with E-state index in [1.807, 2.05) is 53.9 Å². The predicted octanol–water partition coefficient (Wildman–Crippen LogP) is 6.18. The van der Waals surface area contributed by atoms with Gasteiger partial charge in [0.2, 0.25) is 0 Å². The average molecular weight is 528 g/mol. The molecule has 38 heavy (non-hydrogen) atoms. The number of methoxy groups -OCH3 is 2. The van der Waals surface area contributed by atoms with Crippen molar-refractivity contribution in [3.8, 4) is 23.0 Å². The molecule has 1 fully saturated rings. The Balaban J connectivity index is 1.62. The van der Waals surface area contributed by atoms with Crippen molar-refractivity contribution in [2.75, 3.05) is 14.2 Å². The van der Waals surface area contributed by atoms with E-state index in [4.69, 9.17) is 14.2 Å². The molecule has 7 nitrogen and oxygen atoms in total. The van der Waals surface area contributed by atoms with Crippen molar-refractivity contribution in [1.29, 1.82) is 0 Å². The molecular weight excluding hydrogens is 502 g/mol. The summed E-state index contributed by atoms with van der Waals surface area (Å²) in [5.41, 5.74) is 0.963. The fourth-order valence-corrected chi connectivity index (χ4v) is 5.17. The van der Waals surface area contributed by atoms with Crippen LogP contribution in [-0.4, -0.2) is 35.9 Å². The van der Waals surface area contributed by atoms with E-state index in [9.17, 15) is 14.7 Å². The van der Waals surface area contributed by atoms with Crippen LogP contribution in [0.3, 0.4) is 0 Å². The van der Waals surface area contributed by atoms with Crippen LogP contribution in [0.2, 0.25) is 0 Å². The number of carbonyl (C=O) groups is 2. The van der Waals surface area contributed by atoms with E-state index >= 15 is 0 Å². The molecule has 0 spiro atoms.